The number of ether oxygens (including phenoxy) is 6. The van der Waals surface area contributed by atoms with Crippen LogP contribution in [0.3, 0.4) is 0 Å². The number of carbonyl (C=O) groups excluding carboxylic acids is 12. The minimum atomic E-state index is -2.07. The summed E-state index contributed by atoms with van der Waals surface area (Å²) in [5.41, 5.74) is -2.07. The standard InChI is InChI=1S/C54H90N6O19/c1-22(2)33-48(67)74-30(17)42(61)55-37(26(9)10)52(71)78-39(28(13)14)46(65)58-35(24(5)6)50(69)76-32(19)44(63)60-41(54(20,21)73)53(72)79-40(29(15)16)47(66)59-34(23(3)4)49(68)75-31(18)43(62)56-36(25(7)8)51(70)77-38(27(11)12)45(64)57-33/h22-41,73H,1-21H3,(H,55,61)(H,56,62)(H,57,64)(H,58,65)(H,59,66)(H,60,63)/t30-,31-,32-,33+,34+,35+,36-,37-,38+,39+,40+,41+/m0/s1. The molecule has 1 aliphatic heterocycles. The summed E-state index contributed by atoms with van der Waals surface area (Å²) in [7, 11) is 0. The Morgan fingerprint density at radius 1 is 0.304 bits per heavy atom. The highest BCUT2D eigenvalue weighted by Crippen LogP contribution is 2.20. The molecule has 0 unspecified atom stereocenters. The van der Waals surface area contributed by atoms with Crippen LogP contribution in [0.5, 0.6) is 0 Å². The molecule has 7 N–H and O–H groups in total. The molecule has 0 radical (unpaired) electrons. The Hall–Kier alpha value is -6.40. The molecular weight excluding hydrogens is 1040 g/mol. The van der Waals surface area contributed by atoms with Crippen LogP contribution in [-0.4, -0.2) is 155 Å². The zero-order chi connectivity index (χ0) is 61.5. The minimum Gasteiger partial charge on any atom is -0.451 e. The molecule has 0 aromatic carbocycles. The van der Waals surface area contributed by atoms with Crippen LogP contribution in [0.4, 0.5) is 0 Å². The fourth-order valence-corrected chi connectivity index (χ4v) is 7.49. The van der Waals surface area contributed by atoms with Crippen LogP contribution in [0.25, 0.3) is 0 Å². The maximum Gasteiger partial charge on any atom is 0.332 e. The van der Waals surface area contributed by atoms with E-state index in [1.54, 1.807) is 96.9 Å². The molecule has 0 aromatic rings. The van der Waals surface area contributed by atoms with Gasteiger partial charge in [-0.1, -0.05) is 111 Å². The van der Waals surface area contributed by atoms with Crippen LogP contribution < -0.4 is 31.9 Å². The summed E-state index contributed by atoms with van der Waals surface area (Å²) in [4.78, 5) is 165. The Balaban J connectivity index is 3.91. The number of nitrogens with one attached hydrogen (secondary N) is 6. The Labute approximate surface area is 464 Å². The lowest BCUT2D eigenvalue weighted by Gasteiger charge is -2.32. The fraction of sp³-hybridized carbons (Fsp3) is 0.778. The molecule has 1 heterocycles. The van der Waals surface area contributed by atoms with Crippen molar-refractivity contribution in [1.29, 1.82) is 0 Å². The Morgan fingerprint density at radius 3 is 0.696 bits per heavy atom. The lowest BCUT2D eigenvalue weighted by molar-refractivity contribution is -0.169. The number of aliphatic hydroxyl groups is 1. The highest BCUT2D eigenvalue weighted by Gasteiger charge is 2.44. The highest BCUT2D eigenvalue weighted by molar-refractivity contribution is 5.96. The van der Waals surface area contributed by atoms with E-state index in [4.69, 9.17) is 28.4 Å². The quantitative estimate of drug-likeness (QED) is 0.127. The molecule has 1 rings (SSSR count). The van der Waals surface area contributed by atoms with Crippen molar-refractivity contribution < 1.29 is 91.1 Å². The van der Waals surface area contributed by atoms with Crippen molar-refractivity contribution in [3.63, 3.8) is 0 Å². The number of hydrogen-bond acceptors (Lipinski definition) is 19. The van der Waals surface area contributed by atoms with E-state index < -0.39 is 197 Å². The Morgan fingerprint density at radius 2 is 0.494 bits per heavy atom. The van der Waals surface area contributed by atoms with E-state index in [-0.39, 0.29) is 0 Å². The van der Waals surface area contributed by atoms with Gasteiger partial charge in [-0.05, 0) is 82.0 Å². The second kappa shape index (κ2) is 30.8. The van der Waals surface area contributed by atoms with E-state index in [2.05, 4.69) is 31.9 Å². The predicted molar refractivity (Wildman–Crippen MR) is 283 cm³/mol. The molecule has 0 spiro atoms. The van der Waals surface area contributed by atoms with Crippen LogP contribution in [0.2, 0.25) is 0 Å². The van der Waals surface area contributed by atoms with E-state index >= 15 is 0 Å². The van der Waals surface area contributed by atoms with E-state index in [9.17, 15) is 62.6 Å². The van der Waals surface area contributed by atoms with Gasteiger partial charge in [-0.25, -0.2) is 28.8 Å². The van der Waals surface area contributed by atoms with Gasteiger partial charge in [0.05, 0.1) is 5.60 Å². The van der Waals surface area contributed by atoms with Crippen molar-refractivity contribution in [3.8, 4) is 0 Å². The number of carbonyl (C=O) groups is 12. The van der Waals surface area contributed by atoms with Gasteiger partial charge >= 0.3 is 35.8 Å². The number of cyclic esters (lactones) is 6. The van der Waals surface area contributed by atoms with Crippen molar-refractivity contribution in [3.05, 3.63) is 0 Å². The van der Waals surface area contributed by atoms with Crippen molar-refractivity contribution in [2.45, 2.75) is 224 Å². The van der Waals surface area contributed by atoms with Gasteiger partial charge in [-0.3, -0.25) is 28.8 Å². The fourth-order valence-electron chi connectivity index (χ4n) is 7.49. The molecule has 12 atom stereocenters. The number of rotatable bonds is 9. The molecule has 0 aromatic heterocycles. The summed E-state index contributed by atoms with van der Waals surface area (Å²) in [5, 5.41) is 25.9. The van der Waals surface area contributed by atoms with E-state index in [0.29, 0.717) is 0 Å². The summed E-state index contributed by atoms with van der Waals surface area (Å²) in [6.07, 6.45) is -9.59. The zero-order valence-electron chi connectivity index (χ0n) is 49.8. The second-order valence-corrected chi connectivity index (χ2v) is 23.3. The number of hydrogen-bond donors (Lipinski definition) is 7. The molecule has 25 nitrogen and oxygen atoms in total. The third-order valence-corrected chi connectivity index (χ3v) is 12.6. The van der Waals surface area contributed by atoms with Crippen LogP contribution in [-0.2, 0) is 86.0 Å². The van der Waals surface area contributed by atoms with Crippen LogP contribution in [0.1, 0.15) is 145 Å². The summed E-state index contributed by atoms with van der Waals surface area (Å²) in [6.45, 7) is 30.8. The average molecular weight is 1130 g/mol. The SMILES string of the molecule is CC(C)[C@@H]1NC(=O)[C@H](C)OC(=O)[C@@H](C(C)C)NC(=O)[C@@H](C(C)C)OC(=O)[C@H](C(C)(C)O)NC(=O)[C@H](C)OC(=O)[C@@H](C(C)C)NC(=O)[C@@H](C(C)C)OC(=O)[C@H](C(C)C)NC(=O)[C@H](C)OC(=O)[C@@H](C(C)C)NC(=O)[C@@H](C(C)C)OC1=O. The van der Waals surface area contributed by atoms with Gasteiger partial charge in [0.15, 0.2) is 42.7 Å². The first kappa shape index (κ1) is 70.6. The summed E-state index contributed by atoms with van der Waals surface area (Å²) in [5.74, 6) is -18.2. The Bertz CT molecular complexity index is 2170. The van der Waals surface area contributed by atoms with Gasteiger partial charge in [-0.2, -0.15) is 0 Å². The highest BCUT2D eigenvalue weighted by atomic mass is 16.6. The van der Waals surface area contributed by atoms with Crippen molar-refractivity contribution in [2.75, 3.05) is 0 Å². The summed E-state index contributed by atoms with van der Waals surface area (Å²) >= 11 is 0. The Kier molecular flexibility index (Phi) is 27.6. The number of amides is 6. The van der Waals surface area contributed by atoms with Gasteiger partial charge in [0.25, 0.3) is 35.4 Å². The van der Waals surface area contributed by atoms with Gasteiger partial charge in [0.1, 0.15) is 30.2 Å². The van der Waals surface area contributed by atoms with Crippen LogP contribution in [0, 0.1) is 47.3 Å². The zero-order valence-corrected chi connectivity index (χ0v) is 49.8. The topological polar surface area (TPSA) is 353 Å². The predicted octanol–water partition coefficient (Wildman–Crippen LogP) is 1.46. The monoisotopic (exact) mass is 1130 g/mol. The molecule has 25 heteroatoms. The molecule has 0 aliphatic carbocycles. The molecule has 1 saturated heterocycles. The van der Waals surface area contributed by atoms with Gasteiger partial charge in [0, 0.05) is 0 Å². The average Bonchev–Trinajstić information content (AvgIpc) is 3.31. The molecule has 79 heavy (non-hydrogen) atoms. The van der Waals surface area contributed by atoms with Gasteiger partial charge < -0.3 is 65.4 Å². The molecular formula is C54H90N6O19. The lowest BCUT2D eigenvalue weighted by atomic mass is 9.98. The largest absolute Gasteiger partial charge is 0.451 e. The van der Waals surface area contributed by atoms with E-state index in [1.165, 1.54) is 27.7 Å². The molecule has 1 aliphatic rings. The molecule has 0 bridgehead atoms. The number of esters is 6. The van der Waals surface area contributed by atoms with Crippen LogP contribution in [0.15, 0.2) is 0 Å². The maximum absolute atomic E-state index is 13.9. The third kappa shape index (κ3) is 21.3. The van der Waals surface area contributed by atoms with E-state index in [1.807, 2.05) is 0 Å². The minimum absolute atomic E-state index is 0.657. The summed E-state index contributed by atoms with van der Waals surface area (Å²) in [6, 6.07) is -9.04. The first-order chi connectivity index (χ1) is 36.2. The third-order valence-electron chi connectivity index (χ3n) is 12.6. The molecule has 6 amide bonds. The first-order valence-corrected chi connectivity index (χ1v) is 26.9. The first-order valence-electron chi connectivity index (χ1n) is 26.9. The maximum atomic E-state index is 13.9. The molecule has 0 saturated carbocycles. The second-order valence-electron chi connectivity index (χ2n) is 23.3. The summed E-state index contributed by atoms with van der Waals surface area (Å²) < 4.78 is 33.3. The van der Waals surface area contributed by atoms with Crippen LogP contribution >= 0.6 is 0 Å². The van der Waals surface area contributed by atoms with E-state index in [0.717, 1.165) is 20.8 Å². The van der Waals surface area contributed by atoms with Crippen molar-refractivity contribution in [1.82, 2.24) is 31.9 Å². The van der Waals surface area contributed by atoms with Gasteiger partial charge in [0.2, 0.25) is 0 Å². The van der Waals surface area contributed by atoms with Gasteiger partial charge in [-0.15, -0.1) is 0 Å². The molecule has 1 fully saturated rings. The molecule has 450 valence electrons. The van der Waals surface area contributed by atoms with Crippen molar-refractivity contribution in [2.24, 2.45) is 47.3 Å². The smallest absolute Gasteiger partial charge is 0.332 e. The normalized spacial score (nSPS) is 28.8. The van der Waals surface area contributed by atoms with Crippen molar-refractivity contribution >= 4 is 71.3 Å². The lowest BCUT2D eigenvalue weighted by Crippen LogP contribution is -2.59.